The Morgan fingerprint density at radius 3 is 2.48 bits per heavy atom. The van der Waals surface area contributed by atoms with Crippen LogP contribution in [0.25, 0.3) is 10.9 Å². The minimum atomic E-state index is -0.391. The number of pyridine rings is 1. The number of nitrogens with one attached hydrogen (secondary N) is 1. The Morgan fingerprint density at radius 2 is 1.77 bits per heavy atom. The second-order valence-corrected chi connectivity index (χ2v) is 8.27. The number of hydrogen-bond acceptors (Lipinski definition) is 5. The van der Waals surface area contributed by atoms with Crippen LogP contribution in [-0.2, 0) is 0 Å². The zero-order chi connectivity index (χ0) is 21.4. The topological polar surface area (TPSA) is 91.3 Å². The third-order valence-corrected chi connectivity index (χ3v) is 6.41. The van der Waals surface area contributed by atoms with Gasteiger partial charge in [-0.25, -0.2) is 9.78 Å². The first-order chi connectivity index (χ1) is 15.1. The summed E-state index contributed by atoms with van der Waals surface area (Å²) in [5, 5.41) is 0.447. The highest BCUT2D eigenvalue weighted by molar-refractivity contribution is 5.97. The molecule has 1 saturated heterocycles. The molecule has 2 aromatic heterocycles. The highest BCUT2D eigenvalue weighted by Crippen LogP contribution is 2.27. The van der Waals surface area contributed by atoms with Gasteiger partial charge in [0.15, 0.2) is 0 Å². The number of carbonyl (C=O) groups excluding carboxylic acids is 1. The molecule has 0 bridgehead atoms. The van der Waals surface area contributed by atoms with Crippen LogP contribution in [-0.4, -0.2) is 51.5 Å². The van der Waals surface area contributed by atoms with Gasteiger partial charge in [-0.3, -0.25) is 14.2 Å². The SMILES string of the molecule is O=C(c1ccc2c(=O)n(C3CCCC3)c(=O)[nH]c2c1)N1CCN(c2ccccn2)CC1. The lowest BCUT2D eigenvalue weighted by molar-refractivity contribution is 0.0746. The highest BCUT2D eigenvalue weighted by atomic mass is 16.2. The lowest BCUT2D eigenvalue weighted by atomic mass is 10.1. The monoisotopic (exact) mass is 419 g/mol. The second-order valence-electron chi connectivity index (χ2n) is 8.27. The van der Waals surface area contributed by atoms with Crippen LogP contribution in [0.5, 0.6) is 0 Å². The first kappa shape index (κ1) is 19.5. The molecular weight excluding hydrogens is 394 g/mol. The van der Waals surface area contributed by atoms with E-state index in [4.69, 9.17) is 0 Å². The second kappa shape index (κ2) is 8.02. The number of aromatic amines is 1. The van der Waals surface area contributed by atoms with E-state index in [-0.39, 0.29) is 17.5 Å². The van der Waals surface area contributed by atoms with Crippen LogP contribution in [0.15, 0.2) is 52.2 Å². The minimum Gasteiger partial charge on any atom is -0.353 e. The summed E-state index contributed by atoms with van der Waals surface area (Å²) in [6, 6.07) is 10.8. The number of rotatable bonds is 3. The molecule has 8 nitrogen and oxygen atoms in total. The summed E-state index contributed by atoms with van der Waals surface area (Å²) in [5.74, 6) is 0.819. The van der Waals surface area contributed by atoms with Crippen molar-refractivity contribution in [3.63, 3.8) is 0 Å². The van der Waals surface area contributed by atoms with Gasteiger partial charge in [-0.2, -0.15) is 0 Å². The lowest BCUT2D eigenvalue weighted by Crippen LogP contribution is -2.49. The summed E-state index contributed by atoms with van der Waals surface area (Å²) in [6.45, 7) is 2.60. The lowest BCUT2D eigenvalue weighted by Gasteiger charge is -2.35. The summed E-state index contributed by atoms with van der Waals surface area (Å²) in [4.78, 5) is 49.7. The molecule has 0 unspecified atom stereocenters. The van der Waals surface area contributed by atoms with Crippen LogP contribution in [0.3, 0.4) is 0 Å². The zero-order valence-corrected chi connectivity index (χ0v) is 17.3. The maximum atomic E-state index is 13.0. The number of amides is 1. The molecule has 2 fully saturated rings. The van der Waals surface area contributed by atoms with E-state index in [1.54, 1.807) is 29.3 Å². The average molecular weight is 419 g/mol. The number of piperazine rings is 1. The number of hydrogen-bond donors (Lipinski definition) is 1. The molecule has 1 aliphatic carbocycles. The smallest absolute Gasteiger partial charge is 0.329 e. The fraction of sp³-hybridized carbons (Fsp3) is 0.391. The molecule has 0 atom stereocenters. The van der Waals surface area contributed by atoms with E-state index in [9.17, 15) is 14.4 Å². The largest absolute Gasteiger partial charge is 0.353 e. The van der Waals surface area contributed by atoms with Gasteiger partial charge >= 0.3 is 5.69 Å². The molecule has 0 radical (unpaired) electrons. The fourth-order valence-corrected chi connectivity index (χ4v) is 4.72. The summed E-state index contributed by atoms with van der Waals surface area (Å²) in [6.07, 6.45) is 5.56. The van der Waals surface area contributed by atoms with Crippen LogP contribution in [0.2, 0.25) is 0 Å². The van der Waals surface area contributed by atoms with E-state index in [0.29, 0.717) is 42.6 Å². The predicted molar refractivity (Wildman–Crippen MR) is 119 cm³/mol. The molecule has 1 saturated carbocycles. The minimum absolute atomic E-state index is 0.0302. The number of nitrogens with zero attached hydrogens (tertiary/aromatic N) is 4. The van der Waals surface area contributed by atoms with E-state index in [2.05, 4.69) is 14.9 Å². The van der Waals surface area contributed by atoms with Crippen molar-refractivity contribution in [2.24, 2.45) is 0 Å². The molecule has 1 N–H and O–H groups in total. The van der Waals surface area contributed by atoms with E-state index in [1.807, 2.05) is 18.2 Å². The standard InChI is InChI=1S/C23H25N5O3/c29-21(27-13-11-26(12-14-27)20-7-3-4-10-24-20)16-8-9-18-19(15-16)25-23(31)28(22(18)30)17-5-1-2-6-17/h3-4,7-10,15,17H,1-2,5-6,11-14H2,(H,25,31). The quantitative estimate of drug-likeness (QED) is 0.703. The summed E-state index contributed by atoms with van der Waals surface area (Å²) in [5.41, 5.74) is 0.237. The normalized spacial score (nSPS) is 17.4. The van der Waals surface area contributed by atoms with Gasteiger partial charge in [0.1, 0.15) is 5.82 Å². The summed E-state index contributed by atoms with van der Waals surface area (Å²) in [7, 11) is 0. The Morgan fingerprint density at radius 1 is 1.00 bits per heavy atom. The van der Waals surface area contributed by atoms with Crippen molar-refractivity contribution in [1.82, 2.24) is 19.4 Å². The Balaban J connectivity index is 1.37. The third kappa shape index (κ3) is 3.62. The van der Waals surface area contributed by atoms with Gasteiger partial charge in [0.2, 0.25) is 0 Å². The number of aromatic nitrogens is 3. The van der Waals surface area contributed by atoms with E-state index in [0.717, 1.165) is 31.5 Å². The molecule has 8 heteroatoms. The molecule has 1 amide bonds. The van der Waals surface area contributed by atoms with Crippen molar-refractivity contribution >= 4 is 22.6 Å². The zero-order valence-electron chi connectivity index (χ0n) is 17.3. The van der Waals surface area contributed by atoms with E-state index >= 15 is 0 Å². The van der Waals surface area contributed by atoms with Crippen LogP contribution in [0.4, 0.5) is 5.82 Å². The van der Waals surface area contributed by atoms with Crippen molar-refractivity contribution in [3.05, 3.63) is 69.0 Å². The number of anilines is 1. The predicted octanol–water partition coefficient (Wildman–Crippen LogP) is 2.16. The van der Waals surface area contributed by atoms with Crippen molar-refractivity contribution in [2.45, 2.75) is 31.7 Å². The van der Waals surface area contributed by atoms with Crippen LogP contribution >= 0.6 is 0 Å². The number of carbonyl (C=O) groups is 1. The van der Waals surface area contributed by atoms with Crippen molar-refractivity contribution in [3.8, 4) is 0 Å². The van der Waals surface area contributed by atoms with Gasteiger partial charge in [0.25, 0.3) is 11.5 Å². The first-order valence-electron chi connectivity index (χ1n) is 10.9. The van der Waals surface area contributed by atoms with Crippen LogP contribution < -0.4 is 16.1 Å². The fourth-order valence-electron chi connectivity index (χ4n) is 4.72. The molecule has 3 heterocycles. The van der Waals surface area contributed by atoms with Crippen molar-refractivity contribution in [2.75, 3.05) is 31.1 Å². The molecule has 31 heavy (non-hydrogen) atoms. The third-order valence-electron chi connectivity index (χ3n) is 6.41. The van der Waals surface area contributed by atoms with Gasteiger partial charge < -0.3 is 14.8 Å². The Hall–Kier alpha value is -3.42. The van der Waals surface area contributed by atoms with Crippen molar-refractivity contribution < 1.29 is 4.79 Å². The molecule has 1 aromatic carbocycles. The number of H-pyrrole nitrogens is 1. The summed E-state index contributed by atoms with van der Waals surface area (Å²) >= 11 is 0. The Bertz CT molecular complexity index is 1220. The number of fused-ring (bicyclic) bond motifs is 1. The van der Waals surface area contributed by atoms with Crippen LogP contribution in [0.1, 0.15) is 42.1 Å². The van der Waals surface area contributed by atoms with Crippen LogP contribution in [0, 0.1) is 0 Å². The molecule has 2 aliphatic rings. The van der Waals surface area contributed by atoms with E-state index in [1.165, 1.54) is 4.57 Å². The molecule has 0 spiro atoms. The molecule has 5 rings (SSSR count). The molecular formula is C23H25N5O3. The van der Waals surface area contributed by atoms with Gasteiger partial charge in [-0.05, 0) is 43.2 Å². The summed E-state index contributed by atoms with van der Waals surface area (Å²) < 4.78 is 1.35. The van der Waals surface area contributed by atoms with Gasteiger partial charge in [-0.15, -0.1) is 0 Å². The molecule has 3 aromatic rings. The first-order valence-corrected chi connectivity index (χ1v) is 10.9. The Labute approximate surface area is 179 Å². The Kier molecular flexibility index (Phi) is 5.05. The van der Waals surface area contributed by atoms with Gasteiger partial charge in [-0.1, -0.05) is 18.9 Å². The molecule has 160 valence electrons. The van der Waals surface area contributed by atoms with E-state index < -0.39 is 5.69 Å². The number of benzene rings is 1. The average Bonchev–Trinajstić information content (AvgIpc) is 3.33. The van der Waals surface area contributed by atoms with Crippen molar-refractivity contribution in [1.29, 1.82) is 0 Å². The molecule has 1 aliphatic heterocycles. The van der Waals surface area contributed by atoms with Gasteiger partial charge in [0, 0.05) is 44.0 Å². The van der Waals surface area contributed by atoms with Gasteiger partial charge in [0.05, 0.1) is 10.9 Å². The maximum absolute atomic E-state index is 13.0. The maximum Gasteiger partial charge on any atom is 0.329 e. The highest BCUT2D eigenvalue weighted by Gasteiger charge is 2.24.